The molecule has 0 spiro atoms. The molecule has 0 saturated carbocycles. The maximum absolute atomic E-state index is 12.0. The van der Waals surface area contributed by atoms with E-state index in [1.807, 2.05) is 0 Å². The third kappa shape index (κ3) is 3.02. The Morgan fingerprint density at radius 2 is 2.00 bits per heavy atom. The van der Waals surface area contributed by atoms with Crippen LogP contribution in [0.5, 0.6) is 11.5 Å². The fraction of sp³-hybridized carbons (Fsp3) is 0.214. The molecule has 7 heteroatoms. The molecule has 0 unspecified atom stereocenters. The van der Waals surface area contributed by atoms with Crippen molar-refractivity contribution in [2.45, 2.75) is 13.8 Å². The number of hydrogen-bond donors (Lipinski definition) is 0. The minimum absolute atomic E-state index is 0.149. The van der Waals surface area contributed by atoms with Gasteiger partial charge in [0.05, 0.1) is 18.1 Å². The van der Waals surface area contributed by atoms with E-state index in [1.54, 1.807) is 13.8 Å². The first kappa shape index (κ1) is 14.6. The van der Waals surface area contributed by atoms with Gasteiger partial charge >= 0.3 is 11.7 Å². The minimum atomic E-state index is -0.711. The highest BCUT2D eigenvalue weighted by molar-refractivity contribution is 5.92. The average molecular weight is 291 g/mol. The summed E-state index contributed by atoms with van der Waals surface area (Å²) in [5.74, 6) is 0.399. The maximum Gasteiger partial charge on any atom is 0.347 e. The molecule has 0 fully saturated rings. The number of carbonyl (C=O) groups is 1. The lowest BCUT2D eigenvalue weighted by Gasteiger charge is -2.06. The number of ether oxygens (including phenoxy) is 2. The largest absolute Gasteiger partial charge is 0.496 e. The van der Waals surface area contributed by atoms with E-state index >= 15 is 0 Å². The summed E-state index contributed by atoms with van der Waals surface area (Å²) in [5.41, 5.74) is -0.113. The Balaban J connectivity index is 2.33. The van der Waals surface area contributed by atoms with Gasteiger partial charge in [-0.05, 0) is 32.0 Å². The number of benzene rings is 1. The Morgan fingerprint density at radius 3 is 2.52 bits per heavy atom. The summed E-state index contributed by atoms with van der Waals surface area (Å²) < 4.78 is 15.2. The second-order valence-electron chi connectivity index (χ2n) is 4.31. The predicted octanol–water partition coefficient (Wildman–Crippen LogP) is 3.03. The van der Waals surface area contributed by atoms with Gasteiger partial charge in [-0.2, -0.15) is 0 Å². The van der Waals surface area contributed by atoms with Crippen molar-refractivity contribution < 1.29 is 23.6 Å². The van der Waals surface area contributed by atoms with Crippen LogP contribution in [0.4, 0.5) is 5.69 Å². The first-order chi connectivity index (χ1) is 9.92. The maximum atomic E-state index is 12.0. The predicted molar refractivity (Wildman–Crippen MR) is 72.8 cm³/mol. The number of nitrogens with zero attached hydrogens (tertiary/aromatic N) is 1. The van der Waals surface area contributed by atoms with Gasteiger partial charge in [-0.15, -0.1) is 0 Å². The fourth-order valence-corrected chi connectivity index (χ4v) is 1.84. The van der Waals surface area contributed by atoms with E-state index in [9.17, 15) is 14.9 Å². The van der Waals surface area contributed by atoms with Gasteiger partial charge in [-0.3, -0.25) is 10.1 Å². The number of hydrogen-bond acceptors (Lipinski definition) is 6. The Kier molecular flexibility index (Phi) is 3.93. The van der Waals surface area contributed by atoms with Crippen LogP contribution in [-0.2, 0) is 0 Å². The number of esters is 1. The van der Waals surface area contributed by atoms with Crippen LogP contribution in [0.25, 0.3) is 0 Å². The molecule has 1 aromatic heterocycles. The number of rotatable bonds is 4. The molecule has 0 saturated heterocycles. The van der Waals surface area contributed by atoms with Gasteiger partial charge in [0, 0.05) is 0 Å². The number of furan rings is 1. The lowest BCUT2D eigenvalue weighted by atomic mass is 10.2. The normalized spacial score (nSPS) is 10.2. The van der Waals surface area contributed by atoms with E-state index in [1.165, 1.54) is 31.4 Å². The Morgan fingerprint density at radius 1 is 1.29 bits per heavy atom. The summed E-state index contributed by atoms with van der Waals surface area (Å²) in [7, 11) is 1.39. The Labute approximate surface area is 120 Å². The summed E-state index contributed by atoms with van der Waals surface area (Å²) in [5, 5.41) is 11.0. The van der Waals surface area contributed by atoms with Crippen molar-refractivity contribution in [3.63, 3.8) is 0 Å². The summed E-state index contributed by atoms with van der Waals surface area (Å²) in [6.45, 7) is 3.31. The first-order valence-electron chi connectivity index (χ1n) is 6.04. The second kappa shape index (κ2) is 5.66. The monoisotopic (exact) mass is 291 g/mol. The van der Waals surface area contributed by atoms with Crippen LogP contribution in [0.15, 0.2) is 28.7 Å². The Bertz CT molecular complexity index is 703. The third-order valence-electron chi connectivity index (χ3n) is 2.83. The van der Waals surface area contributed by atoms with E-state index in [4.69, 9.17) is 13.9 Å². The molecule has 0 atom stereocenters. The molecule has 0 amide bonds. The highest BCUT2D eigenvalue weighted by Crippen LogP contribution is 2.32. The summed E-state index contributed by atoms with van der Waals surface area (Å²) in [6.07, 6.45) is 0. The van der Waals surface area contributed by atoms with Gasteiger partial charge in [-0.25, -0.2) is 4.79 Å². The first-order valence-corrected chi connectivity index (χ1v) is 6.04. The zero-order valence-electron chi connectivity index (χ0n) is 11.7. The number of nitro groups is 1. The molecule has 0 aliphatic heterocycles. The zero-order valence-corrected chi connectivity index (χ0v) is 11.7. The van der Waals surface area contributed by atoms with Crippen molar-refractivity contribution in [3.8, 4) is 11.5 Å². The molecular weight excluding hydrogens is 278 g/mol. The Hall–Kier alpha value is -2.83. The molecule has 2 rings (SSSR count). The van der Waals surface area contributed by atoms with Crippen LogP contribution in [0, 0.1) is 24.0 Å². The molecule has 7 nitrogen and oxygen atoms in total. The van der Waals surface area contributed by atoms with Gasteiger partial charge in [0.25, 0.3) is 0 Å². The summed E-state index contributed by atoms with van der Waals surface area (Å²) in [6, 6.07) is 5.50. The van der Waals surface area contributed by atoms with E-state index in [0.29, 0.717) is 17.3 Å². The number of nitro benzene ring substituents is 1. The molecule has 1 aromatic carbocycles. The molecule has 0 radical (unpaired) electrons. The van der Waals surface area contributed by atoms with E-state index in [-0.39, 0.29) is 17.0 Å². The topological polar surface area (TPSA) is 91.8 Å². The van der Waals surface area contributed by atoms with Gasteiger partial charge in [0.1, 0.15) is 22.8 Å². The summed E-state index contributed by atoms with van der Waals surface area (Å²) in [4.78, 5) is 22.4. The van der Waals surface area contributed by atoms with Gasteiger partial charge in [0.15, 0.2) is 0 Å². The van der Waals surface area contributed by atoms with Crippen LogP contribution in [0.1, 0.15) is 21.9 Å². The lowest BCUT2D eigenvalue weighted by molar-refractivity contribution is -0.385. The molecular formula is C14H13NO6. The summed E-state index contributed by atoms with van der Waals surface area (Å²) >= 11 is 0. The van der Waals surface area contributed by atoms with Gasteiger partial charge < -0.3 is 13.9 Å². The van der Waals surface area contributed by atoms with Crippen LogP contribution >= 0.6 is 0 Å². The van der Waals surface area contributed by atoms with E-state index in [0.717, 1.165) is 0 Å². The van der Waals surface area contributed by atoms with Crippen molar-refractivity contribution in [1.82, 2.24) is 0 Å². The van der Waals surface area contributed by atoms with Crippen LogP contribution in [0.2, 0.25) is 0 Å². The zero-order chi connectivity index (χ0) is 15.6. The van der Waals surface area contributed by atoms with E-state index < -0.39 is 10.9 Å². The van der Waals surface area contributed by atoms with E-state index in [2.05, 4.69) is 0 Å². The number of methoxy groups -OCH3 is 1. The molecule has 21 heavy (non-hydrogen) atoms. The molecule has 110 valence electrons. The van der Waals surface area contributed by atoms with Crippen LogP contribution < -0.4 is 9.47 Å². The molecule has 0 aliphatic rings. The smallest absolute Gasteiger partial charge is 0.347 e. The average Bonchev–Trinajstić information content (AvgIpc) is 2.78. The number of carbonyl (C=O) groups excluding carboxylic acids is 1. The van der Waals surface area contributed by atoms with Crippen LogP contribution in [0.3, 0.4) is 0 Å². The van der Waals surface area contributed by atoms with Crippen molar-refractivity contribution in [3.05, 3.63) is 51.5 Å². The minimum Gasteiger partial charge on any atom is -0.496 e. The second-order valence-corrected chi connectivity index (χ2v) is 4.31. The molecule has 0 aliphatic carbocycles. The van der Waals surface area contributed by atoms with Gasteiger partial charge in [0.2, 0.25) is 5.75 Å². The van der Waals surface area contributed by atoms with Crippen LogP contribution in [-0.4, -0.2) is 18.0 Å². The number of aryl methyl sites for hydroxylation is 2. The standard InChI is InChI=1S/C14H13NO6/c1-8-6-11(9(2)20-8)14(16)21-13-5-4-10(19-3)7-12(13)15(17)18/h4-7H,1-3H3. The van der Waals surface area contributed by atoms with Crippen molar-refractivity contribution in [2.24, 2.45) is 0 Å². The van der Waals surface area contributed by atoms with Crippen molar-refractivity contribution in [2.75, 3.05) is 7.11 Å². The quantitative estimate of drug-likeness (QED) is 0.372. The molecule has 0 bridgehead atoms. The lowest BCUT2D eigenvalue weighted by Crippen LogP contribution is -2.10. The third-order valence-corrected chi connectivity index (χ3v) is 2.83. The SMILES string of the molecule is COc1ccc(OC(=O)c2cc(C)oc2C)c([N+](=O)[O-])c1. The molecule has 1 heterocycles. The highest BCUT2D eigenvalue weighted by Gasteiger charge is 2.22. The van der Waals surface area contributed by atoms with Crippen molar-refractivity contribution >= 4 is 11.7 Å². The van der Waals surface area contributed by atoms with Crippen molar-refractivity contribution in [1.29, 1.82) is 0 Å². The molecule has 0 N–H and O–H groups in total. The van der Waals surface area contributed by atoms with Gasteiger partial charge in [-0.1, -0.05) is 0 Å². The highest BCUT2D eigenvalue weighted by atomic mass is 16.6. The fourth-order valence-electron chi connectivity index (χ4n) is 1.84. The molecule has 2 aromatic rings.